The number of rotatable bonds is 4. The third-order valence-electron chi connectivity index (χ3n) is 4.79. The lowest BCUT2D eigenvalue weighted by molar-refractivity contribution is -0.139. The van der Waals surface area contributed by atoms with Gasteiger partial charge in [-0.1, -0.05) is 65.7 Å². The normalized spacial score (nSPS) is 12.8. The van der Waals surface area contributed by atoms with Gasteiger partial charge in [0, 0.05) is 22.3 Å². The second-order valence-corrected chi connectivity index (χ2v) is 7.34. The van der Waals surface area contributed by atoms with Crippen molar-refractivity contribution in [3.05, 3.63) is 93.0 Å². The SMILES string of the molecule is O=C(NC(C(=O)O)c1ccc(Cl)c(Cl)c1)c1cccc2c1-c1ccccc1C2=O. The molecule has 0 aromatic heterocycles. The van der Waals surface area contributed by atoms with Crippen molar-refractivity contribution >= 4 is 40.9 Å². The highest BCUT2D eigenvalue weighted by atomic mass is 35.5. The summed E-state index contributed by atoms with van der Waals surface area (Å²) in [6.45, 7) is 0. The van der Waals surface area contributed by atoms with Crippen LogP contribution in [-0.4, -0.2) is 22.8 Å². The molecule has 0 fully saturated rings. The van der Waals surface area contributed by atoms with Crippen molar-refractivity contribution in [2.24, 2.45) is 0 Å². The fraction of sp³-hybridized carbons (Fsp3) is 0.0455. The van der Waals surface area contributed by atoms with Gasteiger partial charge in [-0.3, -0.25) is 9.59 Å². The molecule has 144 valence electrons. The van der Waals surface area contributed by atoms with E-state index in [-0.39, 0.29) is 27.0 Å². The van der Waals surface area contributed by atoms with Crippen molar-refractivity contribution in [3.63, 3.8) is 0 Å². The van der Waals surface area contributed by atoms with Crippen molar-refractivity contribution in [1.82, 2.24) is 5.32 Å². The molecule has 1 atom stereocenters. The first-order chi connectivity index (χ1) is 13.9. The summed E-state index contributed by atoms with van der Waals surface area (Å²) in [5.74, 6) is -2.02. The number of carboxylic acids is 1. The molecule has 2 N–H and O–H groups in total. The highest BCUT2D eigenvalue weighted by Crippen LogP contribution is 2.39. The van der Waals surface area contributed by atoms with E-state index in [0.717, 1.165) is 0 Å². The van der Waals surface area contributed by atoms with Gasteiger partial charge in [-0.05, 0) is 29.3 Å². The number of nitrogens with one attached hydrogen (secondary N) is 1. The van der Waals surface area contributed by atoms with E-state index in [2.05, 4.69) is 5.32 Å². The molecule has 3 aromatic carbocycles. The number of halogens is 2. The van der Waals surface area contributed by atoms with E-state index >= 15 is 0 Å². The molecule has 0 heterocycles. The van der Waals surface area contributed by atoms with Gasteiger partial charge in [0.1, 0.15) is 0 Å². The molecule has 1 aliphatic rings. The number of fused-ring (bicyclic) bond motifs is 3. The van der Waals surface area contributed by atoms with Crippen LogP contribution in [-0.2, 0) is 4.79 Å². The van der Waals surface area contributed by atoms with Crippen LogP contribution in [0, 0.1) is 0 Å². The first-order valence-corrected chi connectivity index (χ1v) is 9.40. The Morgan fingerprint density at radius 1 is 0.862 bits per heavy atom. The maximum Gasteiger partial charge on any atom is 0.330 e. The zero-order valence-corrected chi connectivity index (χ0v) is 16.3. The number of hydrogen-bond acceptors (Lipinski definition) is 3. The van der Waals surface area contributed by atoms with Gasteiger partial charge in [0.15, 0.2) is 11.8 Å². The highest BCUT2D eigenvalue weighted by molar-refractivity contribution is 6.42. The van der Waals surface area contributed by atoms with Crippen LogP contribution in [0.25, 0.3) is 11.1 Å². The molecule has 1 unspecified atom stereocenters. The van der Waals surface area contributed by atoms with Crippen LogP contribution in [0.15, 0.2) is 60.7 Å². The fourth-order valence-corrected chi connectivity index (χ4v) is 3.76. The minimum Gasteiger partial charge on any atom is -0.479 e. The van der Waals surface area contributed by atoms with Gasteiger partial charge in [-0.15, -0.1) is 0 Å². The quantitative estimate of drug-likeness (QED) is 0.493. The van der Waals surface area contributed by atoms with Crippen molar-refractivity contribution in [2.45, 2.75) is 6.04 Å². The van der Waals surface area contributed by atoms with Crippen molar-refractivity contribution in [3.8, 4) is 11.1 Å². The molecule has 0 spiro atoms. The van der Waals surface area contributed by atoms with E-state index < -0.39 is 17.9 Å². The number of carbonyl (C=O) groups excluding carboxylic acids is 2. The lowest BCUT2D eigenvalue weighted by Gasteiger charge is -2.17. The minimum atomic E-state index is -1.33. The van der Waals surface area contributed by atoms with Crippen molar-refractivity contribution < 1.29 is 19.5 Å². The minimum absolute atomic E-state index is 0.162. The molecule has 4 rings (SSSR count). The Morgan fingerprint density at radius 2 is 1.55 bits per heavy atom. The standard InChI is InChI=1S/C22H13Cl2NO4/c23-16-9-8-11(10-17(16)24)19(22(28)29)25-21(27)15-7-3-6-14-18(15)12-4-1-2-5-13(12)20(14)26/h1-10,19H,(H,25,27)(H,28,29). The van der Waals surface area contributed by atoms with Gasteiger partial charge in [-0.2, -0.15) is 0 Å². The van der Waals surface area contributed by atoms with E-state index in [1.807, 2.05) is 0 Å². The van der Waals surface area contributed by atoms with Gasteiger partial charge >= 0.3 is 5.97 Å². The molecular formula is C22H13Cl2NO4. The molecule has 5 nitrogen and oxygen atoms in total. The number of carbonyl (C=O) groups is 3. The predicted octanol–water partition coefficient (Wildman–Crippen LogP) is 4.76. The third kappa shape index (κ3) is 3.28. The molecule has 0 saturated heterocycles. The number of carboxylic acid groups (broad SMARTS) is 1. The first-order valence-electron chi connectivity index (χ1n) is 8.64. The molecule has 0 bridgehead atoms. The molecular weight excluding hydrogens is 413 g/mol. The Balaban J connectivity index is 1.74. The predicted molar refractivity (Wildman–Crippen MR) is 110 cm³/mol. The van der Waals surface area contributed by atoms with E-state index in [1.54, 1.807) is 42.5 Å². The number of amides is 1. The Kier molecular flexibility index (Phi) is 4.86. The van der Waals surface area contributed by atoms with Gasteiger partial charge in [0.25, 0.3) is 5.91 Å². The molecule has 7 heteroatoms. The summed E-state index contributed by atoms with van der Waals surface area (Å²) in [4.78, 5) is 37.4. The second kappa shape index (κ2) is 7.35. The summed E-state index contributed by atoms with van der Waals surface area (Å²) in [5.41, 5.74) is 2.60. The van der Waals surface area contributed by atoms with Gasteiger partial charge in [0.2, 0.25) is 0 Å². The largest absolute Gasteiger partial charge is 0.479 e. The molecule has 1 aliphatic carbocycles. The van der Waals surface area contributed by atoms with Crippen LogP contribution in [0.1, 0.15) is 37.9 Å². The monoisotopic (exact) mass is 425 g/mol. The Bertz CT molecular complexity index is 1190. The number of hydrogen-bond donors (Lipinski definition) is 2. The van der Waals surface area contributed by atoms with E-state index in [9.17, 15) is 19.5 Å². The zero-order valence-electron chi connectivity index (χ0n) is 14.8. The number of benzene rings is 3. The zero-order chi connectivity index (χ0) is 20.7. The lowest BCUT2D eigenvalue weighted by Crippen LogP contribution is -2.34. The maximum atomic E-state index is 13.0. The van der Waals surface area contributed by atoms with Gasteiger partial charge in [-0.25, -0.2) is 4.79 Å². The summed E-state index contributed by atoms with van der Waals surface area (Å²) in [7, 11) is 0. The second-order valence-electron chi connectivity index (χ2n) is 6.52. The molecule has 29 heavy (non-hydrogen) atoms. The topological polar surface area (TPSA) is 83.5 Å². The van der Waals surface area contributed by atoms with E-state index in [4.69, 9.17) is 23.2 Å². The van der Waals surface area contributed by atoms with Crippen LogP contribution in [0.4, 0.5) is 0 Å². The van der Waals surface area contributed by atoms with Gasteiger partial charge < -0.3 is 10.4 Å². The fourth-order valence-electron chi connectivity index (χ4n) is 3.45. The van der Waals surface area contributed by atoms with Crippen LogP contribution in [0.5, 0.6) is 0 Å². The molecule has 1 amide bonds. The molecule has 0 aliphatic heterocycles. The lowest BCUT2D eigenvalue weighted by atomic mass is 9.98. The number of ketones is 1. The summed E-state index contributed by atoms with van der Waals surface area (Å²) in [5, 5.41) is 12.6. The maximum absolute atomic E-state index is 13.0. The van der Waals surface area contributed by atoms with Crippen LogP contribution >= 0.6 is 23.2 Å². The van der Waals surface area contributed by atoms with Crippen molar-refractivity contribution in [2.75, 3.05) is 0 Å². The first kappa shape index (κ1) is 19.2. The average Bonchev–Trinajstić information content (AvgIpc) is 3.01. The van der Waals surface area contributed by atoms with E-state index in [1.165, 1.54) is 18.2 Å². The van der Waals surface area contributed by atoms with Crippen LogP contribution in [0.3, 0.4) is 0 Å². The average molecular weight is 426 g/mol. The van der Waals surface area contributed by atoms with E-state index in [0.29, 0.717) is 22.3 Å². The number of aliphatic carboxylic acids is 1. The van der Waals surface area contributed by atoms with Gasteiger partial charge in [0.05, 0.1) is 10.0 Å². The summed E-state index contributed by atoms with van der Waals surface area (Å²) in [6, 6.07) is 14.9. The summed E-state index contributed by atoms with van der Waals surface area (Å²) in [6.07, 6.45) is 0. The Morgan fingerprint density at radius 3 is 2.24 bits per heavy atom. The molecule has 0 saturated carbocycles. The smallest absolute Gasteiger partial charge is 0.330 e. The molecule has 0 radical (unpaired) electrons. The summed E-state index contributed by atoms with van der Waals surface area (Å²) < 4.78 is 0. The summed E-state index contributed by atoms with van der Waals surface area (Å²) >= 11 is 11.9. The third-order valence-corrected chi connectivity index (χ3v) is 5.53. The molecule has 3 aromatic rings. The Hall–Kier alpha value is -3.15. The van der Waals surface area contributed by atoms with Crippen molar-refractivity contribution in [1.29, 1.82) is 0 Å². The van der Waals surface area contributed by atoms with Crippen LogP contribution in [0.2, 0.25) is 10.0 Å². The Labute approximate surface area is 175 Å². The highest BCUT2D eigenvalue weighted by Gasteiger charge is 2.31. The van der Waals surface area contributed by atoms with Crippen LogP contribution < -0.4 is 5.32 Å².